The molecular formula is C19H20Cl2N2O2S. The summed E-state index contributed by atoms with van der Waals surface area (Å²) in [5.41, 5.74) is 2.31. The lowest BCUT2D eigenvalue weighted by Gasteiger charge is -2.17. The van der Waals surface area contributed by atoms with E-state index in [1.54, 1.807) is 0 Å². The van der Waals surface area contributed by atoms with E-state index in [-0.39, 0.29) is 15.2 Å². The van der Waals surface area contributed by atoms with Gasteiger partial charge in [0, 0.05) is 11.3 Å². The van der Waals surface area contributed by atoms with Crippen LogP contribution in [0.3, 0.4) is 0 Å². The predicted molar refractivity (Wildman–Crippen MR) is 112 cm³/mol. The van der Waals surface area contributed by atoms with Gasteiger partial charge >= 0.3 is 0 Å². The number of benzene rings is 2. The number of carbonyl (C=O) groups excluding carboxylic acids is 1. The fraction of sp³-hybridized carbons (Fsp3) is 0.263. The van der Waals surface area contributed by atoms with E-state index in [2.05, 4.69) is 24.5 Å². The number of halogens is 2. The number of para-hydroxylation sites is 1. The van der Waals surface area contributed by atoms with Gasteiger partial charge in [0.2, 0.25) is 0 Å². The Balaban J connectivity index is 2.13. The molecule has 7 heteroatoms. The first-order chi connectivity index (χ1) is 12.4. The van der Waals surface area contributed by atoms with Crippen LogP contribution >= 0.6 is 35.4 Å². The summed E-state index contributed by atoms with van der Waals surface area (Å²) in [5, 5.41) is 6.45. The minimum absolute atomic E-state index is 0.203. The molecule has 0 fully saturated rings. The lowest BCUT2D eigenvalue weighted by atomic mass is 9.97. The van der Waals surface area contributed by atoms with Crippen LogP contribution in [0.2, 0.25) is 10.0 Å². The van der Waals surface area contributed by atoms with E-state index in [9.17, 15) is 4.79 Å². The van der Waals surface area contributed by atoms with E-state index in [1.807, 2.05) is 24.3 Å². The van der Waals surface area contributed by atoms with Crippen molar-refractivity contribution in [1.82, 2.24) is 5.32 Å². The number of anilines is 1. The van der Waals surface area contributed by atoms with Crippen molar-refractivity contribution in [3.05, 3.63) is 57.6 Å². The Morgan fingerprint density at radius 2 is 1.85 bits per heavy atom. The van der Waals surface area contributed by atoms with Gasteiger partial charge in [-0.2, -0.15) is 0 Å². The Hall–Kier alpha value is -1.82. The topological polar surface area (TPSA) is 50.4 Å². The number of thiocarbonyl (C=S) groups is 1. The summed E-state index contributed by atoms with van der Waals surface area (Å²) >= 11 is 17.4. The summed E-state index contributed by atoms with van der Waals surface area (Å²) in [4.78, 5) is 12.4. The van der Waals surface area contributed by atoms with Crippen LogP contribution in [0.1, 0.15) is 42.1 Å². The monoisotopic (exact) mass is 410 g/mol. The van der Waals surface area contributed by atoms with Crippen LogP contribution in [0.5, 0.6) is 5.75 Å². The maximum absolute atomic E-state index is 12.4. The number of hydrogen-bond donors (Lipinski definition) is 2. The molecule has 0 heterocycles. The minimum Gasteiger partial charge on any atom is -0.494 e. The van der Waals surface area contributed by atoms with E-state index in [4.69, 9.17) is 40.2 Å². The third-order valence-corrected chi connectivity index (χ3v) is 4.81. The van der Waals surface area contributed by atoms with Crippen LogP contribution in [-0.4, -0.2) is 18.1 Å². The molecule has 0 aromatic heterocycles. The van der Waals surface area contributed by atoms with Crippen LogP contribution in [0.4, 0.5) is 5.69 Å². The molecule has 0 saturated carbocycles. The molecule has 1 unspecified atom stereocenters. The SMILES string of the molecule is CCC(C)c1ccccc1NC(=S)NC(=O)c1cc(Cl)c(OC)c(Cl)c1. The second kappa shape index (κ2) is 9.21. The van der Waals surface area contributed by atoms with Crippen molar-refractivity contribution in [1.29, 1.82) is 0 Å². The van der Waals surface area contributed by atoms with Gasteiger partial charge in [-0.05, 0) is 48.3 Å². The molecule has 2 N–H and O–H groups in total. The second-order valence-corrected chi connectivity index (χ2v) is 7.00. The van der Waals surface area contributed by atoms with Crippen LogP contribution in [0.25, 0.3) is 0 Å². The van der Waals surface area contributed by atoms with Crippen molar-refractivity contribution >= 4 is 52.1 Å². The molecule has 1 atom stereocenters. The molecule has 1 amide bonds. The maximum atomic E-state index is 12.4. The number of ether oxygens (including phenoxy) is 1. The van der Waals surface area contributed by atoms with E-state index in [0.29, 0.717) is 17.2 Å². The van der Waals surface area contributed by atoms with Crippen LogP contribution < -0.4 is 15.4 Å². The molecule has 0 saturated heterocycles. The highest BCUT2D eigenvalue weighted by Crippen LogP contribution is 2.33. The zero-order valence-electron chi connectivity index (χ0n) is 14.7. The summed E-state index contributed by atoms with van der Waals surface area (Å²) in [6.45, 7) is 4.27. The largest absolute Gasteiger partial charge is 0.494 e. The Kier molecular flexibility index (Phi) is 7.26. The lowest BCUT2D eigenvalue weighted by Crippen LogP contribution is -2.34. The quantitative estimate of drug-likeness (QED) is 0.625. The first-order valence-electron chi connectivity index (χ1n) is 8.11. The maximum Gasteiger partial charge on any atom is 0.257 e. The molecule has 0 bridgehead atoms. The van der Waals surface area contributed by atoms with Gasteiger partial charge in [-0.25, -0.2) is 0 Å². The molecule has 0 aliphatic heterocycles. The molecule has 4 nitrogen and oxygen atoms in total. The highest BCUT2D eigenvalue weighted by Gasteiger charge is 2.15. The average Bonchev–Trinajstić information content (AvgIpc) is 2.61. The minimum atomic E-state index is -0.407. The van der Waals surface area contributed by atoms with Gasteiger partial charge in [0.15, 0.2) is 10.9 Å². The number of amides is 1. The van der Waals surface area contributed by atoms with Crippen molar-refractivity contribution < 1.29 is 9.53 Å². The molecular weight excluding hydrogens is 391 g/mol. The van der Waals surface area contributed by atoms with Gasteiger partial charge < -0.3 is 10.1 Å². The zero-order chi connectivity index (χ0) is 19.3. The van der Waals surface area contributed by atoms with Crippen molar-refractivity contribution in [2.45, 2.75) is 26.2 Å². The van der Waals surface area contributed by atoms with E-state index in [0.717, 1.165) is 17.7 Å². The number of hydrogen-bond acceptors (Lipinski definition) is 3. The lowest BCUT2D eigenvalue weighted by molar-refractivity contribution is 0.0977. The van der Waals surface area contributed by atoms with Crippen molar-refractivity contribution in [3.63, 3.8) is 0 Å². The zero-order valence-corrected chi connectivity index (χ0v) is 17.1. The molecule has 2 aromatic rings. The molecule has 0 radical (unpaired) electrons. The first kappa shape index (κ1) is 20.5. The van der Waals surface area contributed by atoms with Crippen molar-refractivity contribution in [3.8, 4) is 5.75 Å². The molecule has 2 aromatic carbocycles. The van der Waals surface area contributed by atoms with Gasteiger partial charge in [-0.3, -0.25) is 10.1 Å². The number of rotatable bonds is 5. The van der Waals surface area contributed by atoms with Gasteiger partial charge in [0.25, 0.3) is 5.91 Å². The van der Waals surface area contributed by atoms with Crippen molar-refractivity contribution in [2.24, 2.45) is 0 Å². The fourth-order valence-electron chi connectivity index (χ4n) is 2.48. The number of methoxy groups -OCH3 is 1. The second-order valence-electron chi connectivity index (χ2n) is 5.78. The summed E-state index contributed by atoms with van der Waals surface area (Å²) in [6.07, 6.45) is 1.00. The van der Waals surface area contributed by atoms with E-state index < -0.39 is 5.91 Å². The van der Waals surface area contributed by atoms with Gasteiger partial charge in [-0.1, -0.05) is 55.2 Å². The predicted octanol–water partition coefficient (Wildman–Crippen LogP) is 5.64. The van der Waals surface area contributed by atoms with Gasteiger partial charge in [-0.15, -0.1) is 0 Å². The van der Waals surface area contributed by atoms with Gasteiger partial charge in [0.1, 0.15) is 0 Å². The Morgan fingerprint density at radius 3 is 2.42 bits per heavy atom. The van der Waals surface area contributed by atoms with Crippen LogP contribution in [-0.2, 0) is 0 Å². The summed E-state index contributed by atoms with van der Waals surface area (Å²) in [5.74, 6) is 0.291. The molecule has 0 spiro atoms. The van der Waals surface area contributed by atoms with Crippen molar-refractivity contribution in [2.75, 3.05) is 12.4 Å². The average molecular weight is 411 g/mol. The standard InChI is InChI=1S/C19H20Cl2N2O2S/c1-4-11(2)13-7-5-6-8-16(13)22-19(26)23-18(24)12-9-14(20)17(25-3)15(21)10-12/h5-11H,4H2,1-3H3,(H2,22,23,24,26). The number of nitrogens with one attached hydrogen (secondary N) is 2. The highest BCUT2D eigenvalue weighted by atomic mass is 35.5. The normalized spacial score (nSPS) is 11.6. The van der Waals surface area contributed by atoms with E-state index in [1.165, 1.54) is 19.2 Å². The number of carbonyl (C=O) groups is 1. The van der Waals surface area contributed by atoms with Gasteiger partial charge in [0.05, 0.1) is 17.2 Å². The molecule has 26 heavy (non-hydrogen) atoms. The Bertz CT molecular complexity index is 804. The Labute approximate surface area is 168 Å². The highest BCUT2D eigenvalue weighted by molar-refractivity contribution is 7.80. The summed E-state index contributed by atoms with van der Waals surface area (Å²) in [6, 6.07) is 10.8. The molecule has 0 aliphatic rings. The Morgan fingerprint density at radius 1 is 1.23 bits per heavy atom. The molecule has 138 valence electrons. The third-order valence-electron chi connectivity index (χ3n) is 4.04. The molecule has 0 aliphatic carbocycles. The first-order valence-corrected chi connectivity index (χ1v) is 9.28. The van der Waals surface area contributed by atoms with Crippen LogP contribution in [0, 0.1) is 0 Å². The van der Waals surface area contributed by atoms with Crippen LogP contribution in [0.15, 0.2) is 36.4 Å². The summed E-state index contributed by atoms with van der Waals surface area (Å²) in [7, 11) is 1.46. The third kappa shape index (κ3) is 4.87. The molecule has 2 rings (SSSR count). The smallest absolute Gasteiger partial charge is 0.257 e. The summed E-state index contributed by atoms with van der Waals surface area (Å²) < 4.78 is 5.08. The van der Waals surface area contributed by atoms with E-state index >= 15 is 0 Å². The fourth-order valence-corrected chi connectivity index (χ4v) is 3.32.